The molecule has 1 heterocycles. The first-order valence-electron chi connectivity index (χ1n) is 5.43. The van der Waals surface area contributed by atoms with Gasteiger partial charge >= 0.3 is 0 Å². The molecule has 0 saturated heterocycles. The molecule has 1 aromatic rings. The van der Waals surface area contributed by atoms with Gasteiger partial charge in [0.2, 0.25) is 0 Å². The molecule has 0 amide bonds. The highest BCUT2D eigenvalue weighted by Gasteiger charge is 2.32. The number of ether oxygens (including phenoxy) is 1. The van der Waals surface area contributed by atoms with E-state index in [0.717, 1.165) is 5.56 Å². The van der Waals surface area contributed by atoms with E-state index in [4.69, 9.17) is 4.74 Å². The minimum atomic E-state index is -0.562. The van der Waals surface area contributed by atoms with E-state index in [1.165, 1.54) is 0 Å². The Balaban J connectivity index is 2.45. The predicted molar refractivity (Wildman–Crippen MR) is 60.7 cm³/mol. The summed E-state index contributed by atoms with van der Waals surface area (Å²) in [6.45, 7) is 5.48. The minimum absolute atomic E-state index is 0.0775. The molecule has 1 unspecified atom stereocenters. The van der Waals surface area contributed by atoms with E-state index >= 15 is 0 Å². The van der Waals surface area contributed by atoms with E-state index in [-0.39, 0.29) is 5.78 Å². The molecule has 0 fully saturated rings. The summed E-state index contributed by atoms with van der Waals surface area (Å²) in [5, 5.41) is 9.46. The summed E-state index contributed by atoms with van der Waals surface area (Å²) in [7, 11) is 0. The van der Waals surface area contributed by atoms with Crippen LogP contribution in [0, 0.1) is 0 Å². The Morgan fingerprint density at radius 2 is 2.12 bits per heavy atom. The normalized spacial score (nSPS) is 19.9. The molecule has 0 spiro atoms. The van der Waals surface area contributed by atoms with Crippen LogP contribution in [-0.4, -0.2) is 16.5 Å². The molecule has 86 valence electrons. The van der Waals surface area contributed by atoms with E-state index in [0.29, 0.717) is 17.7 Å². The van der Waals surface area contributed by atoms with E-state index in [1.54, 1.807) is 25.1 Å². The molecule has 3 heteroatoms. The van der Waals surface area contributed by atoms with Gasteiger partial charge in [0.1, 0.15) is 11.4 Å². The second-order valence-electron chi connectivity index (χ2n) is 4.89. The molecule has 2 rings (SSSR count). The highest BCUT2D eigenvalue weighted by Crippen LogP contribution is 2.34. The van der Waals surface area contributed by atoms with Crippen molar-refractivity contribution in [3.63, 3.8) is 0 Å². The Bertz CT molecular complexity index is 433. The molecule has 1 atom stereocenters. The third-order valence-corrected chi connectivity index (χ3v) is 2.76. The fraction of sp³-hybridized carbons (Fsp3) is 0.462. The van der Waals surface area contributed by atoms with Gasteiger partial charge in [-0.05, 0) is 38.5 Å². The van der Waals surface area contributed by atoms with Gasteiger partial charge in [0.15, 0.2) is 5.78 Å². The lowest BCUT2D eigenvalue weighted by Gasteiger charge is -2.31. The first-order valence-corrected chi connectivity index (χ1v) is 5.43. The number of Topliss-reactive ketones (excluding diaryl/α,β-unsaturated/α-hetero) is 1. The van der Waals surface area contributed by atoms with Gasteiger partial charge in [-0.2, -0.15) is 0 Å². The number of aliphatic hydroxyl groups excluding tert-OH is 1. The number of carbonyl (C=O) groups is 1. The van der Waals surface area contributed by atoms with Crippen molar-refractivity contribution in [1.29, 1.82) is 0 Å². The molecule has 0 saturated carbocycles. The summed E-state index contributed by atoms with van der Waals surface area (Å²) in [6, 6.07) is 5.27. The number of ketones is 1. The van der Waals surface area contributed by atoms with Crippen LogP contribution in [0.1, 0.15) is 49.2 Å². The zero-order valence-electron chi connectivity index (χ0n) is 9.78. The van der Waals surface area contributed by atoms with Crippen molar-refractivity contribution >= 4 is 5.78 Å². The summed E-state index contributed by atoms with van der Waals surface area (Å²) < 4.78 is 5.72. The molecule has 0 radical (unpaired) electrons. The van der Waals surface area contributed by atoms with Crippen LogP contribution in [0.2, 0.25) is 0 Å². The van der Waals surface area contributed by atoms with Gasteiger partial charge in [-0.25, -0.2) is 0 Å². The van der Waals surface area contributed by atoms with Crippen molar-refractivity contribution in [3.8, 4) is 5.75 Å². The maximum atomic E-state index is 11.9. The van der Waals surface area contributed by atoms with Crippen molar-refractivity contribution in [2.24, 2.45) is 0 Å². The molecular weight excluding hydrogens is 204 g/mol. The first kappa shape index (κ1) is 11.1. The predicted octanol–water partition coefficient (Wildman–Crippen LogP) is 2.48. The van der Waals surface area contributed by atoms with Gasteiger partial charge in [0, 0.05) is 0 Å². The lowest BCUT2D eigenvalue weighted by molar-refractivity contribution is 0.0619. The summed E-state index contributed by atoms with van der Waals surface area (Å²) in [4.78, 5) is 11.9. The molecule has 3 nitrogen and oxygen atoms in total. The highest BCUT2D eigenvalue weighted by molar-refractivity contribution is 6.00. The molecular formula is C13H16O3. The minimum Gasteiger partial charge on any atom is -0.487 e. The van der Waals surface area contributed by atoms with Gasteiger partial charge in [-0.15, -0.1) is 0 Å². The average molecular weight is 220 g/mol. The Morgan fingerprint density at radius 1 is 1.44 bits per heavy atom. The maximum Gasteiger partial charge on any atom is 0.170 e. The van der Waals surface area contributed by atoms with E-state index in [1.807, 2.05) is 13.8 Å². The Labute approximate surface area is 95.0 Å². The number of aliphatic hydroxyl groups is 1. The van der Waals surface area contributed by atoms with Crippen molar-refractivity contribution < 1.29 is 14.6 Å². The summed E-state index contributed by atoms with van der Waals surface area (Å²) in [6.07, 6.45) is -0.184. The number of fused-ring (bicyclic) bond motifs is 1. The molecule has 1 aliphatic rings. The van der Waals surface area contributed by atoms with Gasteiger partial charge in [0.25, 0.3) is 0 Å². The van der Waals surface area contributed by atoms with Crippen LogP contribution in [0.15, 0.2) is 18.2 Å². The molecule has 0 bridgehead atoms. The maximum absolute atomic E-state index is 11.9. The fourth-order valence-corrected chi connectivity index (χ4v) is 1.93. The van der Waals surface area contributed by atoms with Gasteiger partial charge < -0.3 is 9.84 Å². The van der Waals surface area contributed by atoms with Crippen LogP contribution < -0.4 is 4.74 Å². The highest BCUT2D eigenvalue weighted by atomic mass is 16.5. The second-order valence-corrected chi connectivity index (χ2v) is 4.89. The Hall–Kier alpha value is -1.35. The topological polar surface area (TPSA) is 46.5 Å². The van der Waals surface area contributed by atoms with Crippen molar-refractivity contribution in [2.75, 3.05) is 0 Å². The summed E-state index contributed by atoms with van der Waals surface area (Å²) in [5.74, 6) is 0.694. The zero-order chi connectivity index (χ0) is 11.9. The average Bonchev–Trinajstić information content (AvgIpc) is 2.15. The number of carbonyl (C=O) groups excluding carboxylic acids is 1. The lowest BCUT2D eigenvalue weighted by atomic mass is 9.91. The van der Waals surface area contributed by atoms with Crippen LogP contribution in [0.25, 0.3) is 0 Å². The van der Waals surface area contributed by atoms with Crippen LogP contribution in [0.3, 0.4) is 0 Å². The quantitative estimate of drug-likeness (QED) is 0.790. The van der Waals surface area contributed by atoms with E-state index in [2.05, 4.69) is 0 Å². The molecule has 0 aromatic heterocycles. The SMILES string of the molecule is CC(O)c1ccc2c(c1)C(=O)CC(C)(C)O2. The van der Waals surface area contributed by atoms with Gasteiger partial charge in [-0.3, -0.25) is 4.79 Å². The van der Waals surface area contributed by atoms with Crippen molar-refractivity contribution in [1.82, 2.24) is 0 Å². The third kappa shape index (κ3) is 1.95. The number of rotatable bonds is 1. The standard InChI is InChI=1S/C13H16O3/c1-8(14)9-4-5-12-10(6-9)11(15)7-13(2,3)16-12/h4-6,8,14H,7H2,1-3H3. The number of benzene rings is 1. The fourth-order valence-electron chi connectivity index (χ4n) is 1.93. The van der Waals surface area contributed by atoms with Crippen molar-refractivity contribution in [2.45, 2.75) is 38.9 Å². The molecule has 1 aliphatic heterocycles. The van der Waals surface area contributed by atoms with Crippen LogP contribution in [0.4, 0.5) is 0 Å². The molecule has 16 heavy (non-hydrogen) atoms. The van der Waals surface area contributed by atoms with Gasteiger partial charge in [0.05, 0.1) is 18.1 Å². The number of hydrogen-bond donors (Lipinski definition) is 1. The van der Waals surface area contributed by atoms with E-state index in [9.17, 15) is 9.90 Å². The molecule has 1 N–H and O–H groups in total. The summed E-state index contributed by atoms with van der Waals surface area (Å²) in [5.41, 5.74) is 0.893. The molecule has 1 aromatic carbocycles. The zero-order valence-corrected chi connectivity index (χ0v) is 9.78. The van der Waals surface area contributed by atoms with Gasteiger partial charge in [-0.1, -0.05) is 6.07 Å². The first-order chi connectivity index (χ1) is 7.39. The number of hydrogen-bond acceptors (Lipinski definition) is 3. The Kier molecular flexibility index (Phi) is 2.50. The Morgan fingerprint density at radius 3 is 2.75 bits per heavy atom. The lowest BCUT2D eigenvalue weighted by Crippen LogP contribution is -2.35. The summed E-state index contributed by atoms with van der Waals surface area (Å²) >= 11 is 0. The smallest absolute Gasteiger partial charge is 0.170 e. The van der Waals surface area contributed by atoms with E-state index < -0.39 is 11.7 Å². The van der Waals surface area contributed by atoms with Crippen LogP contribution >= 0.6 is 0 Å². The van der Waals surface area contributed by atoms with Crippen LogP contribution in [-0.2, 0) is 0 Å². The van der Waals surface area contributed by atoms with Crippen LogP contribution in [0.5, 0.6) is 5.75 Å². The van der Waals surface area contributed by atoms with Crippen molar-refractivity contribution in [3.05, 3.63) is 29.3 Å². The largest absolute Gasteiger partial charge is 0.487 e. The third-order valence-electron chi connectivity index (χ3n) is 2.76. The molecule has 0 aliphatic carbocycles. The monoisotopic (exact) mass is 220 g/mol. The second kappa shape index (κ2) is 3.59.